The van der Waals surface area contributed by atoms with Crippen molar-refractivity contribution in [2.45, 2.75) is 6.42 Å². The van der Waals surface area contributed by atoms with Crippen molar-refractivity contribution in [1.82, 2.24) is 14.3 Å². The fraction of sp³-hybridized carbons (Fsp3) is 0.471. The van der Waals surface area contributed by atoms with Gasteiger partial charge < -0.3 is 18.9 Å². The lowest BCUT2D eigenvalue weighted by molar-refractivity contribution is -0.139. The first kappa shape index (κ1) is 20.5. The molecule has 0 bridgehead atoms. The number of likely N-dealkylation sites (N-methyl/N-ethyl adjacent to an activating group) is 1. The minimum absolute atomic E-state index is 0.224. The van der Waals surface area contributed by atoms with Gasteiger partial charge in [0.25, 0.3) is 0 Å². The lowest BCUT2D eigenvalue weighted by Gasteiger charge is -2.19. The van der Waals surface area contributed by atoms with Gasteiger partial charge in [-0.15, -0.1) is 0 Å². The van der Waals surface area contributed by atoms with Gasteiger partial charge in [0, 0.05) is 31.3 Å². The molecule has 26 heavy (non-hydrogen) atoms. The zero-order valence-electron chi connectivity index (χ0n) is 15.8. The van der Waals surface area contributed by atoms with Crippen LogP contribution in [0, 0.1) is 0 Å². The Hall–Kier alpha value is -1.86. The average molecular weight is 383 g/mol. The van der Waals surface area contributed by atoms with E-state index in [9.17, 15) is 9.36 Å². The van der Waals surface area contributed by atoms with Gasteiger partial charge in [0.05, 0.1) is 19.7 Å². The van der Waals surface area contributed by atoms with Crippen molar-refractivity contribution in [2.24, 2.45) is 0 Å². The molecule has 1 unspecified atom stereocenters. The highest BCUT2D eigenvalue weighted by Crippen LogP contribution is 2.47. The van der Waals surface area contributed by atoms with Gasteiger partial charge in [-0.3, -0.25) is 9.13 Å². The van der Waals surface area contributed by atoms with E-state index in [1.165, 1.54) is 14.2 Å². The van der Waals surface area contributed by atoms with Crippen LogP contribution in [0.1, 0.15) is 5.56 Å². The molecule has 1 aromatic heterocycles. The van der Waals surface area contributed by atoms with Crippen molar-refractivity contribution in [2.75, 3.05) is 48.5 Å². The number of nitrogens with zero attached hydrogens (tertiary/aromatic N) is 2. The lowest BCUT2D eigenvalue weighted by Crippen LogP contribution is -2.24. The molecule has 144 valence electrons. The number of carbonyl (C=O) groups excluding carboxylic acids is 1. The predicted octanol–water partition coefficient (Wildman–Crippen LogP) is 2.12. The molecule has 0 aliphatic heterocycles. The Kier molecular flexibility index (Phi) is 6.83. The molecule has 0 saturated heterocycles. The number of benzene rings is 1. The van der Waals surface area contributed by atoms with Crippen molar-refractivity contribution in [3.05, 3.63) is 30.0 Å². The summed E-state index contributed by atoms with van der Waals surface area (Å²) in [4.78, 5) is 13.5. The SMILES string of the molecule is COC(=O)CNP(=O)(OC)n1cc(CCN(C)C)c2ccc(OC)cc21. The van der Waals surface area contributed by atoms with Crippen LogP contribution < -0.4 is 9.82 Å². The monoisotopic (exact) mass is 383 g/mol. The average Bonchev–Trinajstić information content (AvgIpc) is 3.02. The molecular weight excluding hydrogens is 357 g/mol. The number of ether oxygens (including phenoxy) is 2. The number of nitrogens with one attached hydrogen (secondary N) is 1. The molecule has 0 fully saturated rings. The molecule has 1 heterocycles. The number of fused-ring (bicyclic) bond motifs is 1. The zero-order chi connectivity index (χ0) is 19.3. The van der Waals surface area contributed by atoms with Crippen LogP contribution in [0.25, 0.3) is 10.9 Å². The minimum atomic E-state index is -3.53. The number of hydrogen-bond acceptors (Lipinski definition) is 6. The third-order valence-corrected chi connectivity index (χ3v) is 6.04. The lowest BCUT2D eigenvalue weighted by atomic mass is 10.1. The topological polar surface area (TPSA) is 82.0 Å². The summed E-state index contributed by atoms with van der Waals surface area (Å²) in [6.45, 7) is 0.621. The van der Waals surface area contributed by atoms with Gasteiger partial charge in [-0.25, -0.2) is 9.65 Å². The molecule has 8 nitrogen and oxygen atoms in total. The van der Waals surface area contributed by atoms with Crippen LogP contribution in [0.5, 0.6) is 5.75 Å². The highest BCUT2D eigenvalue weighted by atomic mass is 31.2. The van der Waals surface area contributed by atoms with Crippen molar-refractivity contribution in [3.8, 4) is 5.75 Å². The molecule has 0 amide bonds. The Bertz CT molecular complexity index is 818. The number of hydrogen-bond donors (Lipinski definition) is 1. The standard InChI is InChI=1S/C17H26N3O5P/c1-19(2)9-8-13-12-20(16-10-14(23-3)6-7-15(13)16)26(22,25-5)18-11-17(21)24-4/h6-7,10,12H,8-9,11H2,1-5H3,(H,18,22). The largest absolute Gasteiger partial charge is 0.497 e. The van der Waals surface area contributed by atoms with Crippen LogP contribution >= 0.6 is 7.67 Å². The van der Waals surface area contributed by atoms with E-state index in [1.807, 2.05) is 32.4 Å². The summed E-state index contributed by atoms with van der Waals surface area (Å²) in [5.41, 5.74) is 1.74. The van der Waals surface area contributed by atoms with Crippen molar-refractivity contribution in [3.63, 3.8) is 0 Å². The van der Waals surface area contributed by atoms with E-state index in [0.29, 0.717) is 11.3 Å². The van der Waals surface area contributed by atoms with Crippen LogP contribution in [0.3, 0.4) is 0 Å². The maximum Gasteiger partial charge on any atom is 0.372 e. The number of methoxy groups -OCH3 is 2. The predicted molar refractivity (Wildman–Crippen MR) is 101 cm³/mol. The summed E-state index contributed by atoms with van der Waals surface area (Å²) in [6.07, 6.45) is 2.59. The van der Waals surface area contributed by atoms with Crippen molar-refractivity contribution in [1.29, 1.82) is 0 Å². The van der Waals surface area contributed by atoms with E-state index in [0.717, 1.165) is 23.9 Å². The first-order valence-corrected chi connectivity index (χ1v) is 9.73. The second-order valence-electron chi connectivity index (χ2n) is 6.05. The zero-order valence-corrected chi connectivity index (χ0v) is 16.7. The molecule has 2 rings (SSSR count). The van der Waals surface area contributed by atoms with E-state index in [4.69, 9.17) is 9.26 Å². The smallest absolute Gasteiger partial charge is 0.372 e. The van der Waals surface area contributed by atoms with Crippen LogP contribution in [0.4, 0.5) is 0 Å². The summed E-state index contributed by atoms with van der Waals surface area (Å²) in [7, 11) is 4.67. The van der Waals surface area contributed by atoms with Crippen molar-refractivity contribution >= 4 is 24.5 Å². The summed E-state index contributed by atoms with van der Waals surface area (Å²) in [5, 5.41) is 3.65. The Morgan fingerprint density at radius 2 is 2.00 bits per heavy atom. The first-order valence-electron chi connectivity index (χ1n) is 8.16. The highest BCUT2D eigenvalue weighted by Gasteiger charge is 2.28. The molecule has 0 radical (unpaired) electrons. The van der Waals surface area contributed by atoms with Gasteiger partial charge in [0.15, 0.2) is 0 Å². The fourth-order valence-corrected chi connectivity index (χ4v) is 4.14. The van der Waals surface area contributed by atoms with E-state index >= 15 is 0 Å². The molecule has 1 atom stereocenters. The maximum atomic E-state index is 13.3. The molecule has 1 N–H and O–H groups in total. The van der Waals surface area contributed by atoms with Gasteiger partial charge >= 0.3 is 13.6 Å². The van der Waals surface area contributed by atoms with Gasteiger partial charge in [-0.05, 0) is 38.2 Å². The van der Waals surface area contributed by atoms with Gasteiger partial charge in [0.1, 0.15) is 12.3 Å². The van der Waals surface area contributed by atoms with Crippen LogP contribution in [0.15, 0.2) is 24.4 Å². The van der Waals surface area contributed by atoms with Gasteiger partial charge in [0.2, 0.25) is 0 Å². The number of rotatable bonds is 9. The number of carbonyl (C=O) groups is 1. The Labute approximate surface area is 153 Å². The number of esters is 1. The summed E-state index contributed by atoms with van der Waals surface area (Å²) in [5.74, 6) is 0.121. The molecule has 0 aliphatic rings. The molecular formula is C17H26N3O5P. The minimum Gasteiger partial charge on any atom is -0.497 e. The Morgan fingerprint density at radius 1 is 1.27 bits per heavy atom. The van der Waals surface area contributed by atoms with Crippen molar-refractivity contribution < 1.29 is 23.4 Å². The summed E-state index contributed by atoms with van der Waals surface area (Å²) < 4.78 is 30.1. The molecule has 0 saturated carbocycles. The second kappa shape index (κ2) is 8.68. The third kappa shape index (κ3) is 4.45. The Balaban J connectivity index is 2.51. The molecule has 0 aliphatic carbocycles. The Morgan fingerprint density at radius 3 is 2.58 bits per heavy atom. The van der Waals surface area contributed by atoms with Crippen LogP contribution in [-0.4, -0.2) is 63.7 Å². The molecule has 1 aromatic carbocycles. The van der Waals surface area contributed by atoms with Gasteiger partial charge in [-0.1, -0.05) is 0 Å². The molecule has 2 aromatic rings. The van der Waals surface area contributed by atoms with Gasteiger partial charge in [-0.2, -0.15) is 0 Å². The van der Waals surface area contributed by atoms with E-state index in [1.54, 1.807) is 17.5 Å². The highest BCUT2D eigenvalue weighted by molar-refractivity contribution is 7.55. The first-order chi connectivity index (χ1) is 12.3. The molecule has 9 heteroatoms. The maximum absolute atomic E-state index is 13.3. The molecule has 0 spiro atoms. The normalized spacial score (nSPS) is 13.8. The quantitative estimate of drug-likeness (QED) is 0.525. The second-order valence-corrected chi connectivity index (χ2v) is 8.20. The van der Waals surface area contributed by atoms with Crippen LogP contribution in [0.2, 0.25) is 0 Å². The van der Waals surface area contributed by atoms with E-state index in [2.05, 4.69) is 14.7 Å². The van der Waals surface area contributed by atoms with E-state index < -0.39 is 13.6 Å². The summed E-state index contributed by atoms with van der Waals surface area (Å²) >= 11 is 0. The van der Waals surface area contributed by atoms with Crippen LogP contribution in [-0.2, 0) is 25.0 Å². The number of aromatic nitrogens is 1. The van der Waals surface area contributed by atoms with E-state index in [-0.39, 0.29) is 6.54 Å². The fourth-order valence-electron chi connectivity index (χ4n) is 2.61. The third-order valence-electron chi connectivity index (χ3n) is 4.09. The summed E-state index contributed by atoms with van der Waals surface area (Å²) in [6, 6.07) is 5.61.